The molecule has 0 spiro atoms. The lowest BCUT2D eigenvalue weighted by atomic mass is 10.2. The molecule has 0 N–H and O–H groups in total. The van der Waals surface area contributed by atoms with Crippen molar-refractivity contribution < 1.29 is 14.0 Å². The molecule has 2 amide bonds. The molecule has 22 heavy (non-hydrogen) atoms. The Balaban J connectivity index is 1.68. The zero-order valence-electron chi connectivity index (χ0n) is 12.2. The number of hydrogen-bond donors (Lipinski definition) is 0. The first-order chi connectivity index (χ1) is 10.6. The van der Waals surface area contributed by atoms with Crippen molar-refractivity contribution in [3.63, 3.8) is 0 Å². The van der Waals surface area contributed by atoms with Crippen LogP contribution in [0.3, 0.4) is 0 Å². The van der Waals surface area contributed by atoms with E-state index >= 15 is 0 Å². The average molecular weight is 325 g/mol. The lowest BCUT2D eigenvalue weighted by Crippen LogP contribution is -2.38. The lowest BCUT2D eigenvalue weighted by Gasteiger charge is -2.22. The highest BCUT2D eigenvalue weighted by atomic mass is 35.5. The van der Waals surface area contributed by atoms with Gasteiger partial charge in [0.05, 0.1) is 5.56 Å². The smallest absolute Gasteiger partial charge is 0.256 e. The van der Waals surface area contributed by atoms with Gasteiger partial charge < -0.3 is 9.80 Å². The Hall–Kier alpha value is -1.62. The molecule has 2 aliphatic rings. The van der Waals surface area contributed by atoms with Gasteiger partial charge in [0.15, 0.2) is 0 Å². The van der Waals surface area contributed by atoms with E-state index in [0.29, 0.717) is 37.6 Å². The summed E-state index contributed by atoms with van der Waals surface area (Å²) in [6.07, 6.45) is 2.67. The highest BCUT2D eigenvalue weighted by molar-refractivity contribution is 6.31. The van der Waals surface area contributed by atoms with E-state index in [0.717, 1.165) is 12.8 Å². The number of carbonyl (C=O) groups is 2. The SMILES string of the molecule is O=C(c1cc(Cl)ccc1F)N1CCCN(C(=O)C2CC2)CC1. The number of halogens is 2. The molecule has 0 radical (unpaired) electrons. The van der Waals surface area contributed by atoms with Crippen LogP contribution in [-0.2, 0) is 4.79 Å². The van der Waals surface area contributed by atoms with Crippen molar-refractivity contribution >= 4 is 23.4 Å². The Morgan fingerprint density at radius 2 is 1.77 bits per heavy atom. The van der Waals surface area contributed by atoms with Gasteiger partial charge in [-0.05, 0) is 37.5 Å². The predicted octanol–water partition coefficient (Wildman–Crippen LogP) is 2.56. The molecular formula is C16H18ClFN2O2. The second kappa shape index (κ2) is 6.24. The zero-order chi connectivity index (χ0) is 15.7. The molecule has 2 fully saturated rings. The molecule has 1 saturated carbocycles. The molecule has 3 rings (SSSR count). The summed E-state index contributed by atoms with van der Waals surface area (Å²) < 4.78 is 13.8. The first-order valence-corrected chi connectivity index (χ1v) is 7.97. The molecule has 0 bridgehead atoms. The topological polar surface area (TPSA) is 40.6 Å². The van der Waals surface area contributed by atoms with Crippen molar-refractivity contribution in [1.29, 1.82) is 0 Å². The second-order valence-corrected chi connectivity index (χ2v) is 6.31. The third-order valence-electron chi connectivity index (χ3n) is 4.18. The molecule has 0 unspecified atom stereocenters. The van der Waals surface area contributed by atoms with E-state index in [9.17, 15) is 14.0 Å². The van der Waals surface area contributed by atoms with Crippen LogP contribution in [0.2, 0.25) is 5.02 Å². The van der Waals surface area contributed by atoms with E-state index in [1.54, 1.807) is 4.90 Å². The van der Waals surface area contributed by atoms with Crippen LogP contribution in [0.4, 0.5) is 4.39 Å². The Morgan fingerprint density at radius 3 is 2.50 bits per heavy atom. The van der Waals surface area contributed by atoms with E-state index in [1.165, 1.54) is 18.2 Å². The Morgan fingerprint density at radius 1 is 1.09 bits per heavy atom. The third kappa shape index (κ3) is 3.24. The summed E-state index contributed by atoms with van der Waals surface area (Å²) >= 11 is 5.85. The summed E-state index contributed by atoms with van der Waals surface area (Å²) in [5.41, 5.74) is -0.00512. The van der Waals surface area contributed by atoms with Crippen molar-refractivity contribution in [1.82, 2.24) is 9.80 Å². The maximum atomic E-state index is 13.8. The van der Waals surface area contributed by atoms with Gasteiger partial charge in [0.2, 0.25) is 5.91 Å². The van der Waals surface area contributed by atoms with E-state index < -0.39 is 5.82 Å². The van der Waals surface area contributed by atoms with Crippen LogP contribution in [0.25, 0.3) is 0 Å². The summed E-state index contributed by atoms with van der Waals surface area (Å²) in [5, 5.41) is 0.338. The van der Waals surface area contributed by atoms with Gasteiger partial charge in [-0.2, -0.15) is 0 Å². The maximum Gasteiger partial charge on any atom is 0.256 e. The van der Waals surface area contributed by atoms with Crippen molar-refractivity contribution in [3.8, 4) is 0 Å². The van der Waals surface area contributed by atoms with Crippen LogP contribution in [0.1, 0.15) is 29.6 Å². The molecule has 1 aliphatic carbocycles. The molecule has 0 atom stereocenters. The van der Waals surface area contributed by atoms with Crippen LogP contribution in [-0.4, -0.2) is 47.8 Å². The number of rotatable bonds is 2. The van der Waals surface area contributed by atoms with Gasteiger partial charge in [0.1, 0.15) is 5.82 Å². The van der Waals surface area contributed by atoms with Crippen molar-refractivity contribution in [3.05, 3.63) is 34.6 Å². The normalized spacial score (nSPS) is 19.0. The number of benzene rings is 1. The largest absolute Gasteiger partial charge is 0.341 e. The van der Waals surface area contributed by atoms with Gasteiger partial charge in [-0.15, -0.1) is 0 Å². The van der Waals surface area contributed by atoms with Crippen molar-refractivity contribution in [2.24, 2.45) is 5.92 Å². The van der Waals surface area contributed by atoms with Gasteiger partial charge in [0, 0.05) is 37.1 Å². The molecule has 6 heteroatoms. The molecule has 1 aliphatic heterocycles. The van der Waals surface area contributed by atoms with E-state index in [-0.39, 0.29) is 23.3 Å². The van der Waals surface area contributed by atoms with Crippen molar-refractivity contribution in [2.45, 2.75) is 19.3 Å². The highest BCUT2D eigenvalue weighted by Gasteiger charge is 2.34. The Bertz CT molecular complexity index is 604. The third-order valence-corrected chi connectivity index (χ3v) is 4.42. The molecule has 1 heterocycles. The molecule has 1 aromatic rings. The fraction of sp³-hybridized carbons (Fsp3) is 0.500. The molecule has 1 saturated heterocycles. The van der Waals surface area contributed by atoms with Crippen LogP contribution in [0, 0.1) is 11.7 Å². The first-order valence-electron chi connectivity index (χ1n) is 7.59. The quantitative estimate of drug-likeness (QED) is 0.839. The number of carbonyl (C=O) groups excluding carboxylic acids is 2. The molecule has 118 valence electrons. The average Bonchev–Trinajstić information content (AvgIpc) is 3.34. The minimum atomic E-state index is -0.565. The van der Waals surface area contributed by atoms with Crippen LogP contribution in [0.5, 0.6) is 0 Å². The molecule has 1 aromatic carbocycles. The summed E-state index contributed by atoms with van der Waals surface area (Å²) in [6, 6.07) is 3.99. The minimum Gasteiger partial charge on any atom is -0.341 e. The minimum absolute atomic E-state index is 0.00512. The Kier molecular flexibility index (Phi) is 4.34. The van der Waals surface area contributed by atoms with Gasteiger partial charge in [-0.1, -0.05) is 11.6 Å². The summed E-state index contributed by atoms with van der Waals surface area (Å²) in [4.78, 5) is 28.0. The number of amides is 2. The van der Waals surface area contributed by atoms with E-state index in [1.807, 2.05) is 4.90 Å². The number of nitrogens with zero attached hydrogens (tertiary/aromatic N) is 2. The maximum absolute atomic E-state index is 13.8. The molecule has 4 nitrogen and oxygen atoms in total. The fourth-order valence-corrected chi connectivity index (χ4v) is 2.93. The summed E-state index contributed by atoms with van der Waals surface area (Å²) in [7, 11) is 0. The fourth-order valence-electron chi connectivity index (χ4n) is 2.76. The van der Waals surface area contributed by atoms with Gasteiger partial charge in [-0.3, -0.25) is 9.59 Å². The van der Waals surface area contributed by atoms with E-state index in [2.05, 4.69) is 0 Å². The van der Waals surface area contributed by atoms with Crippen LogP contribution in [0.15, 0.2) is 18.2 Å². The summed E-state index contributed by atoms with van der Waals surface area (Å²) in [6.45, 7) is 2.14. The van der Waals surface area contributed by atoms with Gasteiger partial charge in [-0.25, -0.2) is 4.39 Å². The van der Waals surface area contributed by atoms with Gasteiger partial charge >= 0.3 is 0 Å². The first kappa shape index (κ1) is 15.3. The zero-order valence-corrected chi connectivity index (χ0v) is 13.0. The van der Waals surface area contributed by atoms with Crippen molar-refractivity contribution in [2.75, 3.05) is 26.2 Å². The predicted molar refractivity (Wildman–Crippen MR) is 81.2 cm³/mol. The van der Waals surface area contributed by atoms with Crippen LogP contribution >= 0.6 is 11.6 Å². The second-order valence-electron chi connectivity index (χ2n) is 5.87. The number of hydrogen-bond acceptors (Lipinski definition) is 2. The monoisotopic (exact) mass is 324 g/mol. The van der Waals surface area contributed by atoms with Gasteiger partial charge in [0.25, 0.3) is 5.91 Å². The Labute approximate surface area is 133 Å². The lowest BCUT2D eigenvalue weighted by molar-refractivity contribution is -0.132. The molecular weight excluding hydrogens is 307 g/mol. The molecule has 0 aromatic heterocycles. The standard InChI is InChI=1S/C16H18ClFN2O2/c17-12-4-5-14(18)13(10-12)16(22)20-7-1-6-19(8-9-20)15(21)11-2-3-11/h4-5,10-11H,1-3,6-9H2. The highest BCUT2D eigenvalue weighted by Crippen LogP contribution is 2.31. The van der Waals surface area contributed by atoms with Crippen LogP contribution < -0.4 is 0 Å². The summed E-state index contributed by atoms with van der Waals surface area (Å²) in [5.74, 6) is -0.541. The van der Waals surface area contributed by atoms with E-state index in [4.69, 9.17) is 11.6 Å².